The first-order valence-electron chi connectivity index (χ1n) is 6.94. The first-order valence-corrected chi connectivity index (χ1v) is 6.94. The highest BCUT2D eigenvalue weighted by Gasteiger charge is 2.17. The Morgan fingerprint density at radius 3 is 2.60 bits per heavy atom. The lowest BCUT2D eigenvalue weighted by molar-refractivity contribution is 0.589. The topological polar surface area (TPSA) is 12.0 Å². The summed E-state index contributed by atoms with van der Waals surface area (Å²) >= 11 is 0. The first-order chi connectivity index (χ1) is 9.66. The fourth-order valence-corrected chi connectivity index (χ4v) is 2.86. The average molecular weight is 273 g/mol. The molecular formula is C17H17F2N. The van der Waals surface area contributed by atoms with Gasteiger partial charge in [-0.2, -0.15) is 0 Å². The van der Waals surface area contributed by atoms with Crippen molar-refractivity contribution in [2.75, 3.05) is 13.1 Å². The fraction of sp³-hybridized carbons (Fsp3) is 0.294. The van der Waals surface area contributed by atoms with Crippen LogP contribution in [0.3, 0.4) is 0 Å². The number of rotatable bonds is 1. The molecule has 0 aromatic heterocycles. The number of benzene rings is 2. The molecular weight excluding hydrogens is 256 g/mol. The van der Waals surface area contributed by atoms with Crippen molar-refractivity contribution < 1.29 is 8.78 Å². The molecule has 3 heteroatoms. The molecule has 0 aliphatic carbocycles. The summed E-state index contributed by atoms with van der Waals surface area (Å²) in [6, 6.07) is 9.75. The van der Waals surface area contributed by atoms with Gasteiger partial charge in [-0.05, 0) is 47.7 Å². The molecule has 0 radical (unpaired) electrons. The second-order valence-corrected chi connectivity index (χ2v) is 5.37. The van der Waals surface area contributed by atoms with E-state index in [2.05, 4.69) is 12.2 Å². The van der Waals surface area contributed by atoms with Crippen LogP contribution in [0, 0.1) is 11.6 Å². The zero-order valence-corrected chi connectivity index (χ0v) is 11.4. The Bertz CT molecular complexity index is 617. The fourth-order valence-electron chi connectivity index (χ4n) is 2.86. The van der Waals surface area contributed by atoms with Crippen molar-refractivity contribution in [2.24, 2.45) is 0 Å². The van der Waals surface area contributed by atoms with Crippen LogP contribution in [0.4, 0.5) is 8.78 Å². The second-order valence-electron chi connectivity index (χ2n) is 5.37. The van der Waals surface area contributed by atoms with Gasteiger partial charge in [0.05, 0.1) is 5.56 Å². The van der Waals surface area contributed by atoms with Crippen LogP contribution in [-0.4, -0.2) is 13.1 Å². The highest BCUT2D eigenvalue weighted by Crippen LogP contribution is 2.31. The molecule has 0 fully saturated rings. The summed E-state index contributed by atoms with van der Waals surface area (Å²) in [4.78, 5) is 0. The highest BCUT2D eigenvalue weighted by atomic mass is 19.1. The van der Waals surface area contributed by atoms with E-state index in [1.54, 1.807) is 0 Å². The number of halogens is 2. The molecule has 20 heavy (non-hydrogen) atoms. The van der Waals surface area contributed by atoms with E-state index >= 15 is 0 Å². The number of fused-ring (bicyclic) bond motifs is 1. The van der Waals surface area contributed by atoms with Gasteiger partial charge in [0, 0.05) is 6.54 Å². The van der Waals surface area contributed by atoms with E-state index < -0.39 is 11.6 Å². The molecule has 2 aromatic carbocycles. The van der Waals surface area contributed by atoms with Crippen molar-refractivity contribution in [1.29, 1.82) is 0 Å². The van der Waals surface area contributed by atoms with Gasteiger partial charge in [0.2, 0.25) is 0 Å². The molecule has 3 rings (SSSR count). The van der Waals surface area contributed by atoms with Gasteiger partial charge in [0.25, 0.3) is 0 Å². The van der Waals surface area contributed by atoms with Crippen molar-refractivity contribution in [3.63, 3.8) is 0 Å². The summed E-state index contributed by atoms with van der Waals surface area (Å²) in [5, 5.41) is 3.38. The maximum Gasteiger partial charge on any atom is 0.133 e. The van der Waals surface area contributed by atoms with Gasteiger partial charge in [-0.3, -0.25) is 0 Å². The highest BCUT2D eigenvalue weighted by molar-refractivity contribution is 5.66. The summed E-state index contributed by atoms with van der Waals surface area (Å²) in [5.41, 5.74) is 3.14. The third-order valence-electron chi connectivity index (χ3n) is 3.95. The van der Waals surface area contributed by atoms with E-state index in [4.69, 9.17) is 0 Å². The van der Waals surface area contributed by atoms with Gasteiger partial charge in [-0.25, -0.2) is 8.78 Å². The normalized spacial score (nSPS) is 18.4. The zero-order chi connectivity index (χ0) is 14.1. The molecule has 1 nitrogen and oxygen atoms in total. The summed E-state index contributed by atoms with van der Waals surface area (Å²) in [6.45, 7) is 3.99. The molecule has 0 saturated heterocycles. The number of hydrogen-bond acceptors (Lipinski definition) is 1. The molecule has 1 heterocycles. The molecule has 2 aromatic rings. The van der Waals surface area contributed by atoms with Crippen molar-refractivity contribution in [3.05, 3.63) is 59.2 Å². The maximum absolute atomic E-state index is 13.9. The van der Waals surface area contributed by atoms with Crippen LogP contribution in [0.25, 0.3) is 11.1 Å². The van der Waals surface area contributed by atoms with Gasteiger partial charge in [-0.1, -0.05) is 31.2 Å². The van der Waals surface area contributed by atoms with Crippen LogP contribution in [-0.2, 0) is 6.42 Å². The third-order valence-corrected chi connectivity index (χ3v) is 3.95. The minimum Gasteiger partial charge on any atom is -0.316 e. The predicted octanol–water partition coefficient (Wildman–Crippen LogP) is 3.88. The Hall–Kier alpha value is -1.74. The van der Waals surface area contributed by atoms with E-state index in [1.165, 1.54) is 29.3 Å². The first kappa shape index (κ1) is 13.3. The van der Waals surface area contributed by atoms with Gasteiger partial charge >= 0.3 is 0 Å². The third kappa shape index (κ3) is 2.34. The quantitative estimate of drug-likeness (QED) is 0.831. The van der Waals surface area contributed by atoms with Crippen LogP contribution < -0.4 is 5.32 Å². The molecule has 1 aliphatic heterocycles. The van der Waals surface area contributed by atoms with Gasteiger partial charge in [0.15, 0.2) is 0 Å². The van der Waals surface area contributed by atoms with E-state index in [0.29, 0.717) is 11.5 Å². The largest absolute Gasteiger partial charge is 0.316 e. The standard InChI is InChI=1S/C17H17F2N/c1-11-10-20-8-7-12-5-6-13(9-14(11)12)17-15(18)3-2-4-16(17)19/h2-6,9,11,20H,7-8,10H2,1H3/t11-/m1/s1. The zero-order valence-electron chi connectivity index (χ0n) is 11.4. The van der Waals surface area contributed by atoms with Crippen LogP contribution in [0.5, 0.6) is 0 Å². The molecule has 1 N–H and O–H groups in total. The van der Waals surface area contributed by atoms with Crippen molar-refractivity contribution >= 4 is 0 Å². The Morgan fingerprint density at radius 1 is 1.10 bits per heavy atom. The molecule has 0 unspecified atom stereocenters. The monoisotopic (exact) mass is 273 g/mol. The van der Waals surface area contributed by atoms with Crippen LogP contribution in [0.15, 0.2) is 36.4 Å². The molecule has 0 saturated carbocycles. The molecule has 1 atom stereocenters. The lowest BCUT2D eigenvalue weighted by Crippen LogP contribution is -2.18. The van der Waals surface area contributed by atoms with Gasteiger partial charge in [-0.15, -0.1) is 0 Å². The van der Waals surface area contributed by atoms with Gasteiger partial charge in [0.1, 0.15) is 11.6 Å². The minimum atomic E-state index is -0.510. The molecule has 0 amide bonds. The van der Waals surface area contributed by atoms with Crippen molar-refractivity contribution in [3.8, 4) is 11.1 Å². The average Bonchev–Trinajstić information content (AvgIpc) is 2.61. The summed E-state index contributed by atoms with van der Waals surface area (Å²) in [5.74, 6) is -0.670. The minimum absolute atomic E-state index is 0.0692. The van der Waals surface area contributed by atoms with E-state index in [0.717, 1.165) is 19.5 Å². The molecule has 0 spiro atoms. The summed E-state index contributed by atoms with van der Waals surface area (Å²) in [6.07, 6.45) is 0.958. The smallest absolute Gasteiger partial charge is 0.133 e. The predicted molar refractivity (Wildman–Crippen MR) is 76.8 cm³/mol. The van der Waals surface area contributed by atoms with Crippen LogP contribution >= 0.6 is 0 Å². The Morgan fingerprint density at radius 2 is 1.85 bits per heavy atom. The van der Waals surface area contributed by atoms with E-state index in [1.807, 2.05) is 18.2 Å². The SMILES string of the molecule is C[C@@H]1CNCCc2ccc(-c3c(F)cccc3F)cc21. The summed E-state index contributed by atoms with van der Waals surface area (Å²) < 4.78 is 27.8. The van der Waals surface area contributed by atoms with E-state index in [9.17, 15) is 8.78 Å². The lowest BCUT2D eigenvalue weighted by atomic mass is 9.91. The number of nitrogens with one attached hydrogen (secondary N) is 1. The van der Waals surface area contributed by atoms with Gasteiger partial charge < -0.3 is 5.32 Å². The molecule has 104 valence electrons. The number of hydrogen-bond donors (Lipinski definition) is 1. The van der Waals surface area contributed by atoms with Crippen LogP contribution in [0.1, 0.15) is 24.0 Å². The van der Waals surface area contributed by atoms with Crippen molar-refractivity contribution in [2.45, 2.75) is 19.3 Å². The lowest BCUT2D eigenvalue weighted by Gasteiger charge is -2.15. The summed E-state index contributed by atoms with van der Waals surface area (Å²) in [7, 11) is 0. The van der Waals surface area contributed by atoms with Crippen molar-refractivity contribution in [1.82, 2.24) is 5.32 Å². The maximum atomic E-state index is 13.9. The Kier molecular flexibility index (Phi) is 3.53. The Labute approximate surface area is 117 Å². The second kappa shape index (κ2) is 5.33. The molecule has 1 aliphatic rings. The molecule has 0 bridgehead atoms. The van der Waals surface area contributed by atoms with Crippen LogP contribution in [0.2, 0.25) is 0 Å². The Balaban J connectivity index is 2.12. The van der Waals surface area contributed by atoms with E-state index in [-0.39, 0.29) is 5.56 Å².